The third-order valence-electron chi connectivity index (χ3n) is 13.0. The van der Waals surface area contributed by atoms with Gasteiger partial charge in [0.15, 0.2) is 46.1 Å². The minimum atomic E-state index is -0.558. The molecule has 0 bridgehead atoms. The standard InChI is InChI=1S/C27H30FN5O4.C18H23ClN4O3.C9H8FNO/c1-17-13-19-21(31-17)5-6-23(26(19)28)37-27-20-14-24(35-3)25(15-22(20)29-16-30-27)36-12-4-7-32-8-10-33(11-9-32)18(2)34;1-13(24)23-7-5-22(6-8-23)4-3-9-26-17-11-15-14(10-16(17)25-2)18(19)21-12-20-15;1-5-4-6-7(11-5)2-3-8(12)9(6)10/h5-6,13-16,31H,4,7-12H2,1-3H3;10-12H,3-9H2,1-2H3;2-4,11-12H,1H3. The maximum Gasteiger partial charge on any atom is 0.230 e. The first-order chi connectivity index (χ1) is 36.2. The highest BCUT2D eigenvalue weighted by atomic mass is 35.5. The molecular weight excluding hydrogens is 990 g/mol. The lowest BCUT2D eigenvalue weighted by Crippen LogP contribution is -2.48. The first-order valence-electron chi connectivity index (χ1n) is 24.6. The van der Waals surface area contributed by atoms with Crippen LogP contribution in [0.1, 0.15) is 38.1 Å². The van der Waals surface area contributed by atoms with Crippen LogP contribution in [0, 0.1) is 25.5 Å². The SMILES string of the molecule is COc1cc2c(Cl)ncnc2cc1OCCCN1CCN(C(C)=O)CC1.COc1cc2c(Oc3ccc4[nH]c(C)cc4c3F)ncnc2cc1OCCCN1CCN(C(C)=O)CC1.Cc1cc2c(F)c(O)ccc2[nH]1. The lowest BCUT2D eigenvalue weighted by Gasteiger charge is -2.34. The fraction of sp³-hybridized carbons (Fsp3) is 0.370. The number of benzene rings is 4. The number of halogens is 3. The van der Waals surface area contributed by atoms with Crippen LogP contribution in [0.2, 0.25) is 5.15 Å². The monoisotopic (exact) mass is 1050 g/mol. The normalized spacial score (nSPS) is 14.1. The zero-order valence-corrected chi connectivity index (χ0v) is 43.6. The molecular formula is C54H61ClF2N10O8. The summed E-state index contributed by atoms with van der Waals surface area (Å²) < 4.78 is 57.0. The average Bonchev–Trinajstić information content (AvgIpc) is 4.00. The average molecular weight is 1050 g/mol. The highest BCUT2D eigenvalue weighted by molar-refractivity contribution is 6.34. The molecule has 8 aromatic rings. The van der Waals surface area contributed by atoms with Gasteiger partial charge in [-0.1, -0.05) is 11.6 Å². The first-order valence-corrected chi connectivity index (χ1v) is 25.0. The molecule has 18 nitrogen and oxygen atoms in total. The number of ether oxygens (including phenoxy) is 5. The third kappa shape index (κ3) is 13.2. The molecule has 6 heterocycles. The largest absolute Gasteiger partial charge is 0.505 e. The van der Waals surface area contributed by atoms with Crippen LogP contribution in [-0.2, 0) is 9.59 Å². The Labute approximate surface area is 437 Å². The second-order valence-electron chi connectivity index (χ2n) is 18.2. The maximum absolute atomic E-state index is 15.1. The summed E-state index contributed by atoms with van der Waals surface area (Å²) in [5.41, 5.74) is 4.49. The summed E-state index contributed by atoms with van der Waals surface area (Å²) in [6.07, 6.45) is 4.54. The van der Waals surface area contributed by atoms with Crippen LogP contribution in [0.15, 0.2) is 73.3 Å². The van der Waals surface area contributed by atoms with Crippen LogP contribution in [0.3, 0.4) is 0 Å². The van der Waals surface area contributed by atoms with Crippen LogP contribution in [0.25, 0.3) is 43.6 Å². The number of phenols is 1. The Bertz CT molecular complexity index is 3290. The van der Waals surface area contributed by atoms with Crippen molar-refractivity contribution in [2.24, 2.45) is 0 Å². The number of piperazine rings is 2. The summed E-state index contributed by atoms with van der Waals surface area (Å²) >= 11 is 6.10. The molecule has 2 fully saturated rings. The van der Waals surface area contributed by atoms with E-state index in [-0.39, 0.29) is 29.2 Å². The molecule has 396 valence electrons. The number of phenolic OH excluding ortho intramolecular Hbond substituents is 1. The van der Waals surface area contributed by atoms with Gasteiger partial charge >= 0.3 is 0 Å². The molecule has 10 rings (SSSR count). The lowest BCUT2D eigenvalue weighted by atomic mass is 10.2. The van der Waals surface area contributed by atoms with Crippen LogP contribution in [0.5, 0.6) is 40.4 Å². The van der Waals surface area contributed by atoms with Crippen molar-refractivity contribution < 1.29 is 47.2 Å². The molecule has 21 heteroatoms. The molecule has 4 aromatic heterocycles. The number of carbonyl (C=O) groups excluding carboxylic acids is 2. The number of H-pyrrole nitrogens is 2. The Hall–Kier alpha value is -7.55. The number of hydrogen-bond donors (Lipinski definition) is 3. The zero-order chi connectivity index (χ0) is 53.2. The number of fused-ring (bicyclic) bond motifs is 4. The molecule has 0 spiro atoms. The number of nitrogens with one attached hydrogen (secondary N) is 2. The molecule has 0 unspecified atom stereocenters. The van der Waals surface area contributed by atoms with E-state index in [1.807, 2.05) is 29.7 Å². The van der Waals surface area contributed by atoms with Gasteiger partial charge in [0.1, 0.15) is 17.8 Å². The van der Waals surface area contributed by atoms with Gasteiger partial charge in [-0.2, -0.15) is 0 Å². The van der Waals surface area contributed by atoms with E-state index in [1.54, 1.807) is 76.6 Å². The van der Waals surface area contributed by atoms with Gasteiger partial charge < -0.3 is 48.6 Å². The summed E-state index contributed by atoms with van der Waals surface area (Å²) in [5, 5.41) is 11.6. The second kappa shape index (κ2) is 24.7. The van der Waals surface area contributed by atoms with Crippen LogP contribution < -0.4 is 23.7 Å². The summed E-state index contributed by atoms with van der Waals surface area (Å²) in [6.45, 7) is 16.6. The van der Waals surface area contributed by atoms with E-state index in [2.05, 4.69) is 39.7 Å². The van der Waals surface area contributed by atoms with Crippen molar-refractivity contribution in [2.75, 3.05) is 92.9 Å². The van der Waals surface area contributed by atoms with Crippen molar-refractivity contribution in [3.05, 3.63) is 101 Å². The van der Waals surface area contributed by atoms with E-state index in [4.69, 9.17) is 40.4 Å². The molecule has 2 aliphatic rings. The number of aryl methyl sites for hydroxylation is 2. The molecule has 0 aliphatic carbocycles. The first kappa shape index (κ1) is 53.7. The molecule has 75 heavy (non-hydrogen) atoms. The summed E-state index contributed by atoms with van der Waals surface area (Å²) in [4.78, 5) is 54.2. The Morgan fingerprint density at radius 3 is 1.60 bits per heavy atom. The van der Waals surface area contributed by atoms with Crippen molar-refractivity contribution in [3.63, 3.8) is 0 Å². The minimum absolute atomic E-state index is 0.0786. The smallest absolute Gasteiger partial charge is 0.230 e. The second-order valence-corrected chi connectivity index (χ2v) is 18.5. The Morgan fingerprint density at radius 2 is 1.08 bits per heavy atom. The Morgan fingerprint density at radius 1 is 0.600 bits per heavy atom. The van der Waals surface area contributed by atoms with E-state index in [0.717, 1.165) is 101 Å². The molecule has 4 aromatic carbocycles. The van der Waals surface area contributed by atoms with E-state index >= 15 is 4.39 Å². The van der Waals surface area contributed by atoms with Crippen molar-refractivity contribution in [3.8, 4) is 40.4 Å². The predicted octanol–water partition coefficient (Wildman–Crippen LogP) is 8.84. The Kier molecular flexibility index (Phi) is 17.7. The quantitative estimate of drug-likeness (QED) is 0.0690. The highest BCUT2D eigenvalue weighted by Crippen LogP contribution is 2.38. The van der Waals surface area contributed by atoms with Gasteiger partial charge in [0.2, 0.25) is 17.7 Å². The molecule has 0 radical (unpaired) electrons. The van der Waals surface area contributed by atoms with Crippen molar-refractivity contribution >= 4 is 67.0 Å². The number of rotatable bonds is 14. The fourth-order valence-corrected chi connectivity index (χ4v) is 9.17. The molecule has 2 amide bonds. The lowest BCUT2D eigenvalue weighted by molar-refractivity contribution is -0.131. The summed E-state index contributed by atoms with van der Waals surface area (Å²) in [6, 6.07) is 16.9. The number of amides is 2. The molecule has 0 atom stereocenters. The number of aromatic amines is 2. The van der Waals surface area contributed by atoms with Gasteiger partial charge in [0, 0.05) is 130 Å². The number of nitrogens with zero attached hydrogens (tertiary/aromatic N) is 8. The number of carbonyl (C=O) groups is 2. The Balaban J connectivity index is 0.000000169. The van der Waals surface area contributed by atoms with E-state index in [0.29, 0.717) is 74.1 Å². The van der Waals surface area contributed by atoms with E-state index < -0.39 is 11.6 Å². The fourth-order valence-electron chi connectivity index (χ4n) is 8.98. The van der Waals surface area contributed by atoms with Crippen molar-refractivity contribution in [1.82, 2.24) is 49.5 Å². The number of aromatic nitrogens is 6. The summed E-state index contributed by atoms with van der Waals surface area (Å²) in [5.74, 6) is 1.61. The van der Waals surface area contributed by atoms with Crippen LogP contribution in [-0.4, -0.2) is 159 Å². The van der Waals surface area contributed by atoms with Crippen molar-refractivity contribution in [2.45, 2.75) is 40.5 Å². The van der Waals surface area contributed by atoms with Crippen molar-refractivity contribution in [1.29, 1.82) is 0 Å². The third-order valence-corrected chi connectivity index (χ3v) is 13.3. The van der Waals surface area contributed by atoms with Gasteiger partial charge in [-0.3, -0.25) is 19.4 Å². The number of methoxy groups -OCH3 is 2. The zero-order valence-electron chi connectivity index (χ0n) is 42.8. The van der Waals surface area contributed by atoms with E-state index in [1.165, 1.54) is 18.7 Å². The van der Waals surface area contributed by atoms with Crippen LogP contribution in [0.4, 0.5) is 8.78 Å². The van der Waals surface area contributed by atoms with Gasteiger partial charge in [-0.25, -0.2) is 28.7 Å². The van der Waals surface area contributed by atoms with Gasteiger partial charge in [0.05, 0.1) is 43.9 Å². The van der Waals surface area contributed by atoms with Gasteiger partial charge in [-0.15, -0.1) is 0 Å². The molecule has 2 aliphatic heterocycles. The number of hydrogen-bond acceptors (Lipinski definition) is 14. The van der Waals surface area contributed by atoms with Gasteiger partial charge in [-0.05, 0) is 75.2 Å². The topological polar surface area (TPSA) is 197 Å². The highest BCUT2D eigenvalue weighted by Gasteiger charge is 2.21. The number of aromatic hydroxyl groups is 1. The predicted molar refractivity (Wildman–Crippen MR) is 283 cm³/mol. The molecule has 0 saturated carbocycles. The summed E-state index contributed by atoms with van der Waals surface area (Å²) in [7, 11) is 3.16. The van der Waals surface area contributed by atoms with E-state index in [9.17, 15) is 14.0 Å². The molecule has 3 N–H and O–H groups in total. The van der Waals surface area contributed by atoms with Crippen LogP contribution >= 0.6 is 11.6 Å². The maximum atomic E-state index is 15.1. The minimum Gasteiger partial charge on any atom is -0.505 e. The van der Waals surface area contributed by atoms with Gasteiger partial charge in [0.25, 0.3) is 0 Å². The molecule has 2 saturated heterocycles.